The van der Waals surface area contributed by atoms with E-state index in [2.05, 4.69) is 28.6 Å². The van der Waals surface area contributed by atoms with Gasteiger partial charge in [0, 0.05) is 0 Å². The van der Waals surface area contributed by atoms with Gasteiger partial charge in [0.25, 0.3) is 0 Å². The molecule has 0 fully saturated rings. The Kier molecular flexibility index (Phi) is 9.57. The van der Waals surface area contributed by atoms with Gasteiger partial charge in [-0.05, 0) is 0 Å². The Labute approximate surface area is 97.2 Å². The molecular weight excluding hydrogens is 310 g/mol. The summed E-state index contributed by atoms with van der Waals surface area (Å²) in [5.41, 5.74) is 0. The number of likely N-dealkylation sites (N-methyl/N-ethyl adjacent to an activating group) is 2. The number of nitrogens with zero attached hydrogens (tertiary/aromatic N) is 2. The van der Waals surface area contributed by atoms with Gasteiger partial charge in [0.05, 0.1) is 0 Å². The third kappa shape index (κ3) is 6.45. The van der Waals surface area contributed by atoms with E-state index in [4.69, 9.17) is 17.2 Å². The molecule has 5 heteroatoms. The number of hydrogen-bond acceptors (Lipinski definition) is 2. The van der Waals surface area contributed by atoms with Gasteiger partial charge < -0.3 is 0 Å². The van der Waals surface area contributed by atoms with Crippen LogP contribution < -0.4 is 0 Å². The minimum atomic E-state index is -2.25. The monoisotopic (exact) mass is 328 g/mol. The molecule has 0 heterocycles. The average molecular weight is 329 g/mol. The molecule has 0 aliphatic heterocycles. The molecule has 0 saturated carbocycles. The predicted octanol–water partition coefficient (Wildman–Crippen LogP) is 2.11. The molecule has 2 nitrogen and oxygen atoms in total. The van der Waals surface area contributed by atoms with Gasteiger partial charge in [-0.25, -0.2) is 0 Å². The molecule has 0 aromatic rings. The van der Waals surface area contributed by atoms with Crippen molar-refractivity contribution in [2.45, 2.75) is 20.8 Å². The number of rotatable bonds is 7. The Balaban J connectivity index is 3.69. The molecule has 0 aliphatic carbocycles. The first kappa shape index (κ1) is 14.4. The van der Waals surface area contributed by atoms with Crippen molar-refractivity contribution in [2.75, 3.05) is 32.7 Å². The van der Waals surface area contributed by atoms with Crippen LogP contribution in [0.1, 0.15) is 20.8 Å². The van der Waals surface area contributed by atoms with Gasteiger partial charge in [0.1, 0.15) is 0 Å². The molecule has 0 N–H and O–H groups in total. The van der Waals surface area contributed by atoms with Crippen LogP contribution in [0.5, 0.6) is 0 Å². The maximum absolute atomic E-state index is 6.00. The predicted molar refractivity (Wildman–Crippen MR) is 62.5 cm³/mol. The van der Waals surface area contributed by atoms with E-state index in [0.29, 0.717) is 0 Å². The molecule has 0 radical (unpaired) electrons. The van der Waals surface area contributed by atoms with Crippen LogP contribution in [-0.2, 0) is 0 Å². The minimum absolute atomic E-state index is 0.995. The quantitative estimate of drug-likeness (QED) is 0.706. The summed E-state index contributed by atoms with van der Waals surface area (Å²) in [7, 11) is 12.0. The molecule has 0 atom stereocenters. The average Bonchev–Trinajstić information content (AvgIpc) is 2.12. The van der Waals surface area contributed by atoms with E-state index in [1.807, 2.05) is 0 Å². The molecule has 0 rings (SSSR count). The fourth-order valence-corrected chi connectivity index (χ4v) is 6.04. The summed E-state index contributed by atoms with van der Waals surface area (Å²) in [5.74, 6) is 0. The van der Waals surface area contributed by atoms with Crippen molar-refractivity contribution >= 4 is 36.5 Å². The first-order valence-corrected chi connectivity index (χ1v) is 14.7. The summed E-state index contributed by atoms with van der Waals surface area (Å²) < 4.78 is 2.25. The molecule has 0 aromatic heterocycles. The SMILES string of the molecule is CCN(CC)CC[N](CC)[In]([Cl])[Cl]. The molecule has 0 saturated heterocycles. The van der Waals surface area contributed by atoms with E-state index in [0.717, 1.165) is 32.7 Å². The summed E-state index contributed by atoms with van der Waals surface area (Å²) in [6.45, 7) is 11.8. The van der Waals surface area contributed by atoms with Crippen LogP contribution in [0.15, 0.2) is 0 Å². The van der Waals surface area contributed by atoms with Gasteiger partial charge in [0.2, 0.25) is 0 Å². The maximum atomic E-state index is 6.00. The molecule has 0 aromatic carbocycles. The third-order valence-corrected chi connectivity index (χ3v) is 9.34. The summed E-state index contributed by atoms with van der Waals surface area (Å²) in [4.78, 5) is 2.39. The molecule has 0 amide bonds. The molecule has 78 valence electrons. The summed E-state index contributed by atoms with van der Waals surface area (Å²) in [5, 5.41) is 0. The van der Waals surface area contributed by atoms with E-state index in [1.165, 1.54) is 0 Å². The van der Waals surface area contributed by atoms with Crippen molar-refractivity contribution in [3.63, 3.8) is 0 Å². The topological polar surface area (TPSA) is 6.48 Å². The molecule has 0 bridgehead atoms. The summed E-state index contributed by atoms with van der Waals surface area (Å²) in [6.07, 6.45) is 0. The zero-order chi connectivity index (χ0) is 10.3. The first-order valence-electron chi connectivity index (χ1n) is 4.90. The van der Waals surface area contributed by atoms with Crippen molar-refractivity contribution < 1.29 is 0 Å². The number of hydrogen-bond donors (Lipinski definition) is 0. The van der Waals surface area contributed by atoms with Crippen molar-refractivity contribution in [1.82, 2.24) is 7.79 Å². The van der Waals surface area contributed by atoms with Crippen LogP contribution >= 0.6 is 17.2 Å². The molecular formula is C8H19Cl2InN2. The summed E-state index contributed by atoms with van der Waals surface area (Å²) in [6, 6.07) is 0. The Hall–Kier alpha value is 1.37. The standard InChI is InChI=1S/C8H19N2.2ClH.In/c1-4-9-7-8-10(5-2)6-3;;;/h4-8H2,1-3H3;2*1H;/q-1;;;+3/p-2. The van der Waals surface area contributed by atoms with Crippen molar-refractivity contribution in [3.8, 4) is 0 Å². The normalized spacial score (nSPS) is 11.3. The van der Waals surface area contributed by atoms with Crippen LogP contribution in [-0.4, -0.2) is 59.9 Å². The van der Waals surface area contributed by atoms with Gasteiger partial charge >= 0.3 is 97.8 Å². The zero-order valence-corrected chi connectivity index (χ0v) is 13.6. The van der Waals surface area contributed by atoms with Crippen LogP contribution in [0.3, 0.4) is 0 Å². The number of halogens is 2. The van der Waals surface area contributed by atoms with Gasteiger partial charge in [-0.1, -0.05) is 0 Å². The van der Waals surface area contributed by atoms with Crippen LogP contribution in [0, 0.1) is 0 Å². The van der Waals surface area contributed by atoms with E-state index in [-0.39, 0.29) is 0 Å². The molecule has 0 spiro atoms. The Morgan fingerprint density at radius 1 is 0.923 bits per heavy atom. The van der Waals surface area contributed by atoms with E-state index in [1.54, 1.807) is 0 Å². The van der Waals surface area contributed by atoms with Gasteiger partial charge in [0.15, 0.2) is 0 Å². The fourth-order valence-electron chi connectivity index (χ4n) is 1.20. The molecule has 0 unspecified atom stereocenters. The Bertz CT molecular complexity index is 121. The van der Waals surface area contributed by atoms with E-state index in [9.17, 15) is 0 Å². The van der Waals surface area contributed by atoms with E-state index >= 15 is 0 Å². The van der Waals surface area contributed by atoms with Crippen LogP contribution in [0.2, 0.25) is 0 Å². The molecule has 13 heavy (non-hydrogen) atoms. The summed E-state index contributed by atoms with van der Waals surface area (Å²) >= 11 is -2.25. The first-order chi connectivity index (χ1) is 6.15. The molecule has 0 aliphatic rings. The zero-order valence-electron chi connectivity index (χ0n) is 8.76. The second-order valence-electron chi connectivity index (χ2n) is 2.93. The Morgan fingerprint density at radius 3 is 1.77 bits per heavy atom. The second kappa shape index (κ2) is 8.66. The Morgan fingerprint density at radius 2 is 1.46 bits per heavy atom. The van der Waals surface area contributed by atoms with Crippen LogP contribution in [0.25, 0.3) is 0 Å². The van der Waals surface area contributed by atoms with Crippen LogP contribution in [0.4, 0.5) is 0 Å². The van der Waals surface area contributed by atoms with Crippen molar-refractivity contribution in [1.29, 1.82) is 0 Å². The second-order valence-corrected chi connectivity index (χ2v) is 13.6. The third-order valence-electron chi connectivity index (χ3n) is 2.28. The van der Waals surface area contributed by atoms with Crippen molar-refractivity contribution in [3.05, 3.63) is 0 Å². The van der Waals surface area contributed by atoms with Crippen molar-refractivity contribution in [2.24, 2.45) is 0 Å². The fraction of sp³-hybridized carbons (Fsp3) is 1.00. The van der Waals surface area contributed by atoms with Gasteiger partial charge in [-0.3, -0.25) is 0 Å². The van der Waals surface area contributed by atoms with Gasteiger partial charge in [-0.15, -0.1) is 0 Å². The van der Waals surface area contributed by atoms with Gasteiger partial charge in [-0.2, -0.15) is 0 Å². The van der Waals surface area contributed by atoms with E-state index < -0.39 is 19.4 Å².